The molecule has 9 aliphatic carbocycles. The number of carbonyl (C=O) groups excluding carboxylic acids is 4. The molecule has 3 amide bonds. The van der Waals surface area contributed by atoms with Crippen molar-refractivity contribution < 1.29 is 78.5 Å². The van der Waals surface area contributed by atoms with E-state index >= 15 is 0 Å². The number of amides is 3. The van der Waals surface area contributed by atoms with E-state index in [4.69, 9.17) is 69.7 Å². The van der Waals surface area contributed by atoms with E-state index in [1.807, 2.05) is 164 Å². The molecule has 0 aromatic heterocycles. The summed E-state index contributed by atoms with van der Waals surface area (Å²) < 4.78 is 12.4. The first-order chi connectivity index (χ1) is 70.5. The minimum atomic E-state index is -0.751. The van der Waals surface area contributed by atoms with Crippen LogP contribution in [0.25, 0.3) is 0 Å². The highest BCUT2D eigenvalue weighted by molar-refractivity contribution is 9.11. The molecule has 0 spiro atoms. The van der Waals surface area contributed by atoms with E-state index in [-0.39, 0.29) is 96.0 Å². The van der Waals surface area contributed by atoms with Crippen LogP contribution in [-0.4, -0.2) is 185 Å². The van der Waals surface area contributed by atoms with Gasteiger partial charge in [-0.15, -0.1) is 23.2 Å². The first-order valence-corrected chi connectivity index (χ1v) is 56.0. The molecule has 780 valence electrons. The summed E-state index contributed by atoms with van der Waals surface area (Å²) in [6, 6.07) is 83.0. The molecule has 32 heteroatoms. The number of carboxylic acids is 5. The molecule has 12 fully saturated rings. The Morgan fingerprint density at radius 2 is 0.601 bits per heavy atom. The fraction of sp³-hybridized carbons (Fsp3) is 0.388. The topological polar surface area (TPSA) is 374 Å². The van der Waals surface area contributed by atoms with Gasteiger partial charge < -0.3 is 50.9 Å². The summed E-state index contributed by atoms with van der Waals surface area (Å²) in [6.07, 6.45) is 13.7. The average molecular weight is 2500 g/mol. The Morgan fingerprint density at radius 3 is 0.824 bits per heavy atom. The van der Waals surface area contributed by atoms with Crippen molar-refractivity contribution >= 4 is 188 Å². The fourth-order valence-corrected chi connectivity index (χ4v) is 21.0. The van der Waals surface area contributed by atoms with Crippen molar-refractivity contribution in [2.24, 2.45) is 47.2 Å². The minimum absolute atomic E-state index is 0. The Bertz CT molecular complexity index is 6080. The Morgan fingerprint density at radius 1 is 0.365 bits per heavy atom. The molecule has 12 aliphatic rings. The van der Waals surface area contributed by atoms with E-state index in [2.05, 4.69) is 187 Å². The van der Waals surface area contributed by atoms with Crippen LogP contribution in [0.1, 0.15) is 240 Å². The number of ether oxygens (including phenoxy) is 1. The zero-order chi connectivity index (χ0) is 106. The average Bonchev–Trinajstić information content (AvgIpc) is 1.63. The monoisotopic (exact) mass is 2490 g/mol. The smallest absolute Gasteiger partial charge is 0.307 e. The van der Waals surface area contributed by atoms with Gasteiger partial charge in [0.1, 0.15) is 6.10 Å². The maximum Gasteiger partial charge on any atom is 0.307 e. The third kappa shape index (κ3) is 34.5. The second kappa shape index (κ2) is 55.6. The van der Waals surface area contributed by atoms with Gasteiger partial charge in [0.25, 0.3) is 0 Å². The van der Waals surface area contributed by atoms with Gasteiger partial charge in [-0.25, -0.2) is 0 Å². The molecule has 9 saturated carbocycles. The van der Waals surface area contributed by atoms with Crippen LogP contribution in [0, 0.1) is 64.1 Å². The Kier molecular flexibility index (Phi) is 44.0. The number of primary amides is 1. The molecule has 3 saturated heterocycles. The number of nitrogens with two attached hydrogens (primary N) is 1. The number of piperazine rings is 2. The zero-order valence-corrected chi connectivity index (χ0v) is 93.7. The summed E-state index contributed by atoms with van der Waals surface area (Å²) >= 11 is 34.3. The lowest BCUT2D eigenvalue weighted by molar-refractivity contribution is -0.139. The van der Waals surface area contributed by atoms with Crippen LogP contribution < -0.4 is 5.73 Å². The van der Waals surface area contributed by atoms with Crippen molar-refractivity contribution in [3.8, 4) is 12.1 Å². The molecule has 0 bridgehead atoms. The summed E-state index contributed by atoms with van der Waals surface area (Å²) in [7, 11) is 0. The van der Waals surface area contributed by atoms with Gasteiger partial charge >= 0.3 is 29.8 Å². The number of aliphatic hydroxyl groups is 1. The summed E-state index contributed by atoms with van der Waals surface area (Å²) in [6.45, 7) is 11.3. The largest absolute Gasteiger partial charge is 0.481 e. The second-order valence-electron chi connectivity index (χ2n) is 39.1. The number of benzene rings is 10. The highest BCUT2D eigenvalue weighted by Gasteiger charge is 2.51. The number of rotatable bonds is 22. The van der Waals surface area contributed by atoms with Crippen molar-refractivity contribution in [1.82, 2.24) is 19.6 Å². The highest BCUT2D eigenvalue weighted by Crippen LogP contribution is 2.54. The molecule has 8 N–H and O–H groups in total. The van der Waals surface area contributed by atoms with E-state index in [0.29, 0.717) is 70.5 Å². The molecule has 10 aromatic carbocycles. The maximum atomic E-state index is 12.9. The number of ketones is 1. The van der Waals surface area contributed by atoms with E-state index in [9.17, 15) is 48.3 Å². The molecule has 10 aromatic rings. The Hall–Kier alpha value is -9.61. The number of epoxide rings is 1. The molecule has 22 rings (SSSR count). The van der Waals surface area contributed by atoms with Gasteiger partial charge in [0, 0.05) is 118 Å². The molecule has 148 heavy (non-hydrogen) atoms. The summed E-state index contributed by atoms with van der Waals surface area (Å²) in [5.41, 5.74) is 17.5. The van der Waals surface area contributed by atoms with E-state index < -0.39 is 41.9 Å². The van der Waals surface area contributed by atoms with E-state index in [1.54, 1.807) is 48.5 Å². The number of carbonyl (C=O) groups is 9. The number of aliphatic carboxylic acids is 5. The number of nitriles is 2. The van der Waals surface area contributed by atoms with Gasteiger partial charge in [-0.05, 0) is 297 Å². The molecule has 0 radical (unpaired) electrons. The maximum absolute atomic E-state index is 12.9. The fourth-order valence-electron chi connectivity index (χ4n) is 18.8. The first kappa shape index (κ1) is 117. The first-order valence-electron chi connectivity index (χ1n) is 49.4. The lowest BCUT2D eigenvalue weighted by atomic mass is 9.90. The molecule has 3 heterocycles. The van der Waals surface area contributed by atoms with Gasteiger partial charge in [0.05, 0.1) is 77.3 Å². The highest BCUT2D eigenvalue weighted by atomic mass is 79.9. The molecule has 3 aliphatic heterocycles. The predicted molar refractivity (Wildman–Crippen MR) is 597 cm³/mol. The van der Waals surface area contributed by atoms with E-state index in [1.165, 1.54) is 55.2 Å². The molecule has 2 unspecified atom stereocenters. The number of Topliss-reactive ketones (excluding diaryl/α,β-unsaturated/α-hetero) is 1. The lowest BCUT2D eigenvalue weighted by Gasteiger charge is -2.46. The lowest BCUT2D eigenvalue weighted by Crippen LogP contribution is -2.58. The summed E-state index contributed by atoms with van der Waals surface area (Å²) in [5, 5.41) is 70.4. The van der Waals surface area contributed by atoms with Crippen LogP contribution in [0.5, 0.6) is 0 Å². The number of carboxylic acid groups (broad SMARTS) is 5. The molecule has 18 atom stereocenters. The van der Waals surface area contributed by atoms with Crippen LogP contribution in [0.2, 0.25) is 0 Å². The Labute approximate surface area is 934 Å². The number of aliphatic hydroxyl groups excluding tert-OH is 1. The van der Waals surface area contributed by atoms with Crippen LogP contribution in [0.4, 0.5) is 0 Å². The molecular formula is C116H122Br7Cl2N7O16. The number of halogens is 9. The van der Waals surface area contributed by atoms with Gasteiger partial charge in [0.15, 0.2) is 5.78 Å². The molecular weight excluding hydrogens is 2380 g/mol. The van der Waals surface area contributed by atoms with Crippen molar-refractivity contribution in [3.63, 3.8) is 0 Å². The van der Waals surface area contributed by atoms with Gasteiger partial charge in [-0.1, -0.05) is 253 Å². The standard InChI is InChI=1S/C20H25N3O.C19H25BrN2O.C11H11NO3.C11H9NO2.3C10H9BrO2.C8H8BrClO.C8H6BrClO.C8H7BrO.CH4/c1-14-13-22(17-3-2-4-17)9-10-23(14)20(24)19-11-18(19)16-7-5-15(12-21)6-8-16;1-13-12-21(16-3-2-4-16)9-10-22(13)19(23)18-11-17(18)14-5-7-15(20)8-6-14;12-10(13)7-3-1-6(2-4-7)8-5-9(8)11(14)15;12-6-7-1-3-8(4-2-7)9-5-10(9)11(13)14;3*11-7-3-1-6(2-4-7)8-5-9(8)10(12)13;2*9-7-3-1-6(2-4-7)8(11)5-10;9-7-3-1-6(2-4-7)8-5-10-8;/h5-8,14,17-19H,2-4,9-11,13H2,1H3;5-8,13,16-18H,2-4,9-12H2,1H3;1-4,8-9H,5H2,(H2,12,13)(H,14,15);1-4,9-10H,5H2,(H,13,14);3*1-4,8-9H,5H2,(H,12,13);1-4,8,11H,5H2;1-4H,5H2;1-4,8H,5H2;1H4/t14-,18-,19+;13-,17-,18+;8-,9+;9-,10?;8-,9?;2*8-,9+;8-;;8-;/m11111100.0./s1. The van der Waals surface area contributed by atoms with Crippen molar-refractivity contribution in [2.45, 2.75) is 183 Å². The van der Waals surface area contributed by atoms with Crippen molar-refractivity contribution in [2.75, 3.05) is 57.6 Å². The van der Waals surface area contributed by atoms with Crippen molar-refractivity contribution in [1.29, 1.82) is 10.5 Å². The van der Waals surface area contributed by atoms with Gasteiger partial charge in [-0.2, -0.15) is 10.5 Å². The third-order valence-corrected chi connectivity index (χ3v) is 33.1. The van der Waals surface area contributed by atoms with Crippen LogP contribution in [0.3, 0.4) is 0 Å². The number of hydrogen-bond acceptors (Lipinski definition) is 15. The van der Waals surface area contributed by atoms with Gasteiger partial charge in [0.2, 0.25) is 17.7 Å². The van der Waals surface area contributed by atoms with Crippen LogP contribution in [-0.2, 0) is 38.3 Å². The van der Waals surface area contributed by atoms with Crippen LogP contribution >= 0.6 is 135 Å². The van der Waals surface area contributed by atoms with Crippen molar-refractivity contribution in [3.05, 3.63) is 346 Å². The van der Waals surface area contributed by atoms with Gasteiger partial charge in [-0.3, -0.25) is 53.0 Å². The Balaban J connectivity index is 0.000000148. The quantitative estimate of drug-likeness (QED) is 0.0188. The number of alkyl halides is 2. The second-order valence-corrected chi connectivity index (χ2v) is 46.1. The minimum Gasteiger partial charge on any atom is -0.481 e. The molecule has 23 nitrogen and oxygen atoms in total. The number of hydrogen-bond donors (Lipinski definition) is 7. The zero-order valence-electron chi connectivity index (χ0n) is 81.1. The van der Waals surface area contributed by atoms with E-state index in [0.717, 1.165) is 161 Å². The SMILES string of the molecule is Brc1ccc([C@@H]2CO2)cc1.C.C[C@@H]1CN(C2CCC2)CCN1C(=O)[C@H]1C[C@@H]1c1ccc(Br)cc1.C[C@@H]1CN(C2CCC2)CCN1C(=O)[C@H]1C[C@@H]1c1ccc(C#N)cc1.N#Cc1ccc([C@H]2CC2C(=O)O)cc1.NC(=O)c1ccc([C@H]2C[C@@H]2C(=O)O)cc1.O=C(CCl)c1ccc(Br)cc1.O=C(O)C1C[C@@H]1c1ccc(Br)cc1.O=C(O)[C@@H]1C[C@H]1c1ccc(Br)cc1.O=C(O)[C@H]1C[C@@H]1c1ccc(Br)cc1.O[C@@H](CCl)c1ccc(Br)cc1. The summed E-state index contributed by atoms with van der Waals surface area (Å²) in [5.74, 6) is -1.80. The number of nitrogens with zero attached hydrogens (tertiary/aromatic N) is 6. The summed E-state index contributed by atoms with van der Waals surface area (Å²) in [4.78, 5) is 110. The normalized spacial score (nSPS) is 24.5. The predicted octanol–water partition coefficient (Wildman–Crippen LogP) is 25.8. The van der Waals surface area contributed by atoms with Crippen LogP contribution in [0.15, 0.2) is 274 Å². The third-order valence-electron chi connectivity index (χ3n) is 28.8.